The molecule has 1 fully saturated rings. The van der Waals surface area contributed by atoms with Crippen LogP contribution in [0.1, 0.15) is 19.3 Å². The zero-order chi connectivity index (χ0) is 11.5. The third-order valence-corrected chi connectivity index (χ3v) is 3.04. The van der Waals surface area contributed by atoms with E-state index in [-0.39, 0.29) is 11.4 Å². The molecule has 86 valence electrons. The van der Waals surface area contributed by atoms with Crippen LogP contribution in [0.3, 0.4) is 0 Å². The van der Waals surface area contributed by atoms with Crippen molar-refractivity contribution in [2.24, 2.45) is 5.92 Å². The molecule has 1 aromatic carbocycles. The van der Waals surface area contributed by atoms with E-state index >= 15 is 0 Å². The molecule has 0 amide bonds. The number of nitrogens with zero attached hydrogens (tertiary/aromatic N) is 1. The molecule has 16 heavy (non-hydrogen) atoms. The third-order valence-electron chi connectivity index (χ3n) is 3.04. The predicted molar refractivity (Wildman–Crippen MR) is 63.3 cm³/mol. The van der Waals surface area contributed by atoms with Crippen molar-refractivity contribution in [2.45, 2.75) is 19.3 Å². The van der Waals surface area contributed by atoms with Crippen molar-refractivity contribution in [3.05, 3.63) is 28.3 Å². The molecule has 0 atom stereocenters. The summed E-state index contributed by atoms with van der Waals surface area (Å²) >= 11 is 0. The lowest BCUT2D eigenvalue weighted by molar-refractivity contribution is -0.383. The Labute approximate surface area is 93.8 Å². The van der Waals surface area contributed by atoms with Gasteiger partial charge in [-0.25, -0.2) is 0 Å². The summed E-state index contributed by atoms with van der Waals surface area (Å²) in [4.78, 5) is 10.1. The molecular formula is C11H15N3O2. The van der Waals surface area contributed by atoms with Crippen LogP contribution in [0.2, 0.25) is 0 Å². The zero-order valence-electron chi connectivity index (χ0n) is 8.98. The van der Waals surface area contributed by atoms with Crippen LogP contribution < -0.4 is 11.1 Å². The Bertz CT molecular complexity index is 402. The number of rotatable bonds is 4. The van der Waals surface area contributed by atoms with Crippen LogP contribution in [0, 0.1) is 16.0 Å². The molecule has 0 radical (unpaired) electrons. The maximum Gasteiger partial charge on any atom is 0.292 e. The van der Waals surface area contributed by atoms with E-state index in [1.54, 1.807) is 12.1 Å². The lowest BCUT2D eigenvalue weighted by atomic mass is 9.85. The second kappa shape index (κ2) is 4.38. The van der Waals surface area contributed by atoms with Gasteiger partial charge in [0.25, 0.3) is 5.69 Å². The SMILES string of the molecule is Nc1cc(NCC2CCC2)ccc1[N+](=O)[O-]. The van der Waals surface area contributed by atoms with Crippen LogP contribution in [0.15, 0.2) is 18.2 Å². The maximum atomic E-state index is 10.6. The van der Waals surface area contributed by atoms with Crippen LogP contribution in [-0.4, -0.2) is 11.5 Å². The van der Waals surface area contributed by atoms with Crippen molar-refractivity contribution in [3.8, 4) is 0 Å². The first-order valence-corrected chi connectivity index (χ1v) is 5.44. The summed E-state index contributed by atoms with van der Waals surface area (Å²) in [6, 6.07) is 4.77. The summed E-state index contributed by atoms with van der Waals surface area (Å²) < 4.78 is 0. The van der Waals surface area contributed by atoms with Gasteiger partial charge in [0.15, 0.2) is 0 Å². The topological polar surface area (TPSA) is 81.2 Å². The summed E-state index contributed by atoms with van der Waals surface area (Å²) in [7, 11) is 0. The molecule has 0 bridgehead atoms. The molecule has 5 nitrogen and oxygen atoms in total. The first-order valence-electron chi connectivity index (χ1n) is 5.44. The quantitative estimate of drug-likeness (QED) is 0.464. The van der Waals surface area contributed by atoms with Gasteiger partial charge in [-0.1, -0.05) is 6.42 Å². The van der Waals surface area contributed by atoms with E-state index in [4.69, 9.17) is 5.73 Å². The molecule has 1 aromatic rings. The lowest BCUT2D eigenvalue weighted by Crippen LogP contribution is -2.20. The van der Waals surface area contributed by atoms with Crippen LogP contribution >= 0.6 is 0 Å². The van der Waals surface area contributed by atoms with E-state index in [0.717, 1.165) is 18.2 Å². The molecule has 0 aromatic heterocycles. The largest absolute Gasteiger partial charge is 0.393 e. The molecule has 0 saturated heterocycles. The molecule has 1 saturated carbocycles. The summed E-state index contributed by atoms with van der Waals surface area (Å²) in [5, 5.41) is 13.8. The highest BCUT2D eigenvalue weighted by Crippen LogP contribution is 2.28. The van der Waals surface area contributed by atoms with Crippen molar-refractivity contribution in [1.29, 1.82) is 0 Å². The van der Waals surface area contributed by atoms with E-state index in [9.17, 15) is 10.1 Å². The van der Waals surface area contributed by atoms with E-state index in [2.05, 4.69) is 5.32 Å². The van der Waals surface area contributed by atoms with Gasteiger partial charge in [-0.05, 0) is 30.9 Å². The van der Waals surface area contributed by atoms with Gasteiger partial charge in [0.1, 0.15) is 5.69 Å². The van der Waals surface area contributed by atoms with Crippen LogP contribution in [0.5, 0.6) is 0 Å². The Morgan fingerprint density at radius 2 is 2.25 bits per heavy atom. The highest BCUT2D eigenvalue weighted by Gasteiger charge is 2.17. The minimum atomic E-state index is -0.467. The number of hydrogen-bond donors (Lipinski definition) is 2. The van der Waals surface area contributed by atoms with Gasteiger partial charge in [0.05, 0.1) is 4.92 Å². The van der Waals surface area contributed by atoms with Gasteiger partial charge in [0, 0.05) is 18.3 Å². The number of nitrogen functional groups attached to an aromatic ring is 1. The zero-order valence-corrected chi connectivity index (χ0v) is 8.98. The lowest BCUT2D eigenvalue weighted by Gasteiger charge is -2.25. The fourth-order valence-electron chi connectivity index (χ4n) is 1.79. The number of hydrogen-bond acceptors (Lipinski definition) is 4. The minimum absolute atomic E-state index is 0.0332. The molecule has 0 aliphatic heterocycles. The first-order chi connectivity index (χ1) is 7.66. The Morgan fingerprint density at radius 1 is 1.50 bits per heavy atom. The minimum Gasteiger partial charge on any atom is -0.393 e. The fourth-order valence-corrected chi connectivity index (χ4v) is 1.79. The molecule has 1 aliphatic rings. The molecular weight excluding hydrogens is 206 g/mol. The van der Waals surface area contributed by atoms with Gasteiger partial charge >= 0.3 is 0 Å². The molecule has 0 unspecified atom stereocenters. The molecule has 0 spiro atoms. The first kappa shape index (κ1) is 10.7. The standard InChI is InChI=1S/C11H15N3O2/c12-10-6-9(4-5-11(10)14(15)16)13-7-8-2-1-3-8/h4-6,8,13H,1-3,7,12H2. The normalized spacial score (nSPS) is 15.5. The number of anilines is 2. The van der Waals surface area contributed by atoms with Crippen LogP contribution in [0.25, 0.3) is 0 Å². The number of nitrogens with one attached hydrogen (secondary N) is 1. The highest BCUT2D eigenvalue weighted by molar-refractivity contribution is 5.65. The third kappa shape index (κ3) is 2.24. The van der Waals surface area contributed by atoms with Crippen molar-refractivity contribution < 1.29 is 4.92 Å². The fraction of sp³-hybridized carbons (Fsp3) is 0.455. The van der Waals surface area contributed by atoms with Gasteiger partial charge in [-0.15, -0.1) is 0 Å². The smallest absolute Gasteiger partial charge is 0.292 e. The van der Waals surface area contributed by atoms with E-state index in [1.807, 2.05) is 0 Å². The van der Waals surface area contributed by atoms with Gasteiger partial charge < -0.3 is 11.1 Å². The average molecular weight is 221 g/mol. The van der Waals surface area contributed by atoms with E-state index < -0.39 is 4.92 Å². The monoisotopic (exact) mass is 221 g/mol. The summed E-state index contributed by atoms with van der Waals surface area (Å²) in [6.45, 7) is 0.928. The van der Waals surface area contributed by atoms with Crippen LogP contribution in [0.4, 0.5) is 17.1 Å². The maximum absolute atomic E-state index is 10.6. The number of nitro groups is 1. The molecule has 2 rings (SSSR count). The molecule has 5 heteroatoms. The number of nitrogens with two attached hydrogens (primary N) is 1. The van der Waals surface area contributed by atoms with Gasteiger partial charge in [-0.2, -0.15) is 0 Å². The van der Waals surface area contributed by atoms with Gasteiger partial charge in [-0.3, -0.25) is 10.1 Å². The Morgan fingerprint density at radius 3 is 2.75 bits per heavy atom. The average Bonchev–Trinajstić information content (AvgIpc) is 2.14. The van der Waals surface area contributed by atoms with Crippen LogP contribution in [-0.2, 0) is 0 Å². The molecule has 3 N–H and O–H groups in total. The molecule has 1 aliphatic carbocycles. The Kier molecular flexibility index (Phi) is 2.94. The second-order valence-electron chi connectivity index (χ2n) is 4.21. The Balaban J connectivity index is 1.99. The van der Waals surface area contributed by atoms with Crippen molar-refractivity contribution in [1.82, 2.24) is 0 Å². The van der Waals surface area contributed by atoms with Crippen molar-refractivity contribution >= 4 is 17.1 Å². The number of nitro benzene ring substituents is 1. The van der Waals surface area contributed by atoms with E-state index in [0.29, 0.717) is 0 Å². The Hall–Kier alpha value is -1.78. The summed E-state index contributed by atoms with van der Waals surface area (Å²) in [5.74, 6) is 0.747. The summed E-state index contributed by atoms with van der Waals surface area (Å²) in [6.07, 6.45) is 3.86. The summed E-state index contributed by atoms with van der Waals surface area (Å²) in [5.41, 5.74) is 6.63. The predicted octanol–water partition coefficient (Wildman–Crippen LogP) is 2.39. The number of benzene rings is 1. The molecule has 0 heterocycles. The van der Waals surface area contributed by atoms with Crippen molar-refractivity contribution in [2.75, 3.05) is 17.6 Å². The second-order valence-corrected chi connectivity index (χ2v) is 4.21. The van der Waals surface area contributed by atoms with Gasteiger partial charge in [0.2, 0.25) is 0 Å². The highest BCUT2D eigenvalue weighted by atomic mass is 16.6. The van der Waals surface area contributed by atoms with Crippen molar-refractivity contribution in [3.63, 3.8) is 0 Å². The van der Waals surface area contributed by atoms with E-state index in [1.165, 1.54) is 25.3 Å².